The Kier molecular flexibility index (Phi) is 6.11. The number of hydrogen-bond donors (Lipinski definition) is 0. The highest BCUT2D eigenvalue weighted by atomic mass is 35.5. The molecule has 0 bridgehead atoms. The molecular weight excluding hydrogens is 516 g/mol. The van der Waals surface area contributed by atoms with Crippen LogP contribution in [0.25, 0.3) is 17.0 Å². The summed E-state index contributed by atoms with van der Waals surface area (Å²) in [5.74, 6) is -2.37. The van der Waals surface area contributed by atoms with Crippen LogP contribution in [0.4, 0.5) is 8.78 Å². The second-order valence-electron chi connectivity index (χ2n) is 9.92. The minimum atomic E-state index is -0.997. The Morgan fingerprint density at radius 1 is 1.00 bits per heavy atom. The van der Waals surface area contributed by atoms with Gasteiger partial charge in [0.1, 0.15) is 11.4 Å². The second kappa shape index (κ2) is 9.36. The fraction of sp³-hybridized carbons (Fsp3) is 0.370. The summed E-state index contributed by atoms with van der Waals surface area (Å²) in [6, 6.07) is 5.40. The van der Waals surface area contributed by atoms with Crippen LogP contribution in [0, 0.1) is 25.5 Å². The predicted molar refractivity (Wildman–Crippen MR) is 137 cm³/mol. The molecule has 0 radical (unpaired) electrons. The summed E-state index contributed by atoms with van der Waals surface area (Å²) >= 11 is 5.84. The average Bonchev–Trinajstić information content (AvgIpc) is 3.72. The van der Waals surface area contributed by atoms with Crippen molar-refractivity contribution in [2.75, 3.05) is 6.61 Å². The number of hydrogen-bond acceptors (Lipinski definition) is 6. The second-order valence-corrected chi connectivity index (χ2v) is 10.4. The van der Waals surface area contributed by atoms with E-state index in [9.17, 15) is 9.59 Å². The van der Waals surface area contributed by atoms with Crippen molar-refractivity contribution < 1.29 is 13.5 Å². The molecule has 1 saturated carbocycles. The maximum Gasteiger partial charge on any atom is 0.279 e. The molecule has 1 aliphatic carbocycles. The minimum Gasteiger partial charge on any atom is -0.373 e. The van der Waals surface area contributed by atoms with E-state index >= 15 is 8.78 Å². The first-order chi connectivity index (χ1) is 18.2. The van der Waals surface area contributed by atoms with Crippen LogP contribution in [0.3, 0.4) is 0 Å². The molecule has 6 rings (SSSR count). The number of fused-ring (bicyclic) bond motifs is 1. The van der Waals surface area contributed by atoms with E-state index in [1.54, 1.807) is 24.5 Å². The summed E-state index contributed by atoms with van der Waals surface area (Å²) in [6.45, 7) is 3.80. The third-order valence-electron chi connectivity index (χ3n) is 7.28. The number of halogens is 3. The lowest BCUT2D eigenvalue weighted by molar-refractivity contribution is 0.00402. The zero-order valence-electron chi connectivity index (χ0n) is 20.7. The molecule has 2 atom stereocenters. The molecule has 4 heterocycles. The van der Waals surface area contributed by atoms with Crippen molar-refractivity contribution in [2.24, 2.45) is 0 Å². The largest absolute Gasteiger partial charge is 0.373 e. The molecule has 11 heteroatoms. The summed E-state index contributed by atoms with van der Waals surface area (Å²) in [5, 5.41) is -0.131. The molecule has 8 nitrogen and oxygen atoms in total. The van der Waals surface area contributed by atoms with Gasteiger partial charge in [0.15, 0.2) is 22.9 Å². The van der Waals surface area contributed by atoms with Crippen LogP contribution in [0.5, 0.6) is 0 Å². The van der Waals surface area contributed by atoms with Crippen molar-refractivity contribution in [3.05, 3.63) is 90.5 Å². The maximum absolute atomic E-state index is 15.1. The predicted octanol–water partition coefficient (Wildman–Crippen LogP) is 4.86. The van der Waals surface area contributed by atoms with Crippen molar-refractivity contribution in [1.82, 2.24) is 24.1 Å². The molecular formula is C27H24ClF2N5O3. The molecule has 38 heavy (non-hydrogen) atoms. The fourth-order valence-corrected chi connectivity index (χ4v) is 5.22. The van der Waals surface area contributed by atoms with Crippen molar-refractivity contribution in [1.29, 1.82) is 0 Å². The van der Waals surface area contributed by atoms with E-state index in [2.05, 4.69) is 15.0 Å². The Morgan fingerprint density at radius 2 is 1.71 bits per heavy atom. The number of rotatable bonds is 4. The summed E-state index contributed by atoms with van der Waals surface area (Å²) < 4.78 is 38.8. The first kappa shape index (κ1) is 24.8. The lowest BCUT2D eigenvalue weighted by Crippen LogP contribution is -2.31. The molecule has 0 N–H and O–H groups in total. The summed E-state index contributed by atoms with van der Waals surface area (Å²) in [7, 11) is 0. The van der Waals surface area contributed by atoms with E-state index in [0.717, 1.165) is 35.1 Å². The van der Waals surface area contributed by atoms with E-state index in [0.29, 0.717) is 30.8 Å². The molecule has 196 valence electrons. The van der Waals surface area contributed by atoms with Gasteiger partial charge in [-0.25, -0.2) is 23.7 Å². The molecule has 1 aromatic carbocycles. The van der Waals surface area contributed by atoms with Gasteiger partial charge in [-0.05, 0) is 63.3 Å². The van der Waals surface area contributed by atoms with Crippen molar-refractivity contribution in [3.8, 4) is 5.69 Å². The average molecular weight is 540 g/mol. The van der Waals surface area contributed by atoms with E-state index in [-0.39, 0.29) is 45.6 Å². The number of aromatic nitrogens is 5. The number of ether oxygens (including phenoxy) is 1. The van der Waals surface area contributed by atoms with E-state index < -0.39 is 22.9 Å². The Bertz CT molecular complexity index is 1690. The maximum atomic E-state index is 15.1. The third-order valence-corrected chi connectivity index (χ3v) is 7.50. The van der Waals surface area contributed by atoms with Gasteiger partial charge in [0.25, 0.3) is 11.1 Å². The summed E-state index contributed by atoms with van der Waals surface area (Å²) in [6.07, 6.45) is 4.28. The molecule has 3 aromatic heterocycles. The normalized spacial score (nSPS) is 19.7. The Balaban J connectivity index is 1.49. The van der Waals surface area contributed by atoms with Crippen LogP contribution < -0.4 is 11.1 Å². The number of nitrogens with zero attached hydrogens (tertiary/aromatic N) is 5. The van der Waals surface area contributed by atoms with Gasteiger partial charge in [-0.3, -0.25) is 14.2 Å². The molecule has 2 fully saturated rings. The monoisotopic (exact) mass is 539 g/mol. The van der Waals surface area contributed by atoms with Crippen molar-refractivity contribution in [3.63, 3.8) is 0 Å². The zero-order valence-corrected chi connectivity index (χ0v) is 21.5. The third kappa shape index (κ3) is 4.31. The molecule has 0 amide bonds. The SMILES string of the molecule is Cc1nc2nc([C@H]3CCO[C@@H](c4ccc(=O)n(C5CC5)c4)C3)c(=O)n(-c3c(F)cc(Cl)cc3F)c2nc1C. The smallest absolute Gasteiger partial charge is 0.279 e. The Morgan fingerprint density at radius 3 is 2.42 bits per heavy atom. The lowest BCUT2D eigenvalue weighted by atomic mass is 9.90. The number of aryl methyl sites for hydroxylation is 2. The van der Waals surface area contributed by atoms with Crippen LogP contribution in [-0.2, 0) is 4.74 Å². The zero-order chi connectivity index (χ0) is 26.7. The molecule has 0 unspecified atom stereocenters. The first-order valence-electron chi connectivity index (χ1n) is 12.5. The van der Waals surface area contributed by atoms with Gasteiger partial charge in [0.2, 0.25) is 0 Å². The van der Waals surface area contributed by atoms with Gasteiger partial charge < -0.3 is 9.30 Å². The van der Waals surface area contributed by atoms with Crippen LogP contribution >= 0.6 is 11.6 Å². The van der Waals surface area contributed by atoms with E-state index in [1.165, 1.54) is 6.07 Å². The quantitative estimate of drug-likeness (QED) is 0.368. The first-order valence-corrected chi connectivity index (χ1v) is 12.9. The van der Waals surface area contributed by atoms with E-state index in [4.69, 9.17) is 16.3 Å². The minimum absolute atomic E-state index is 0.0397. The summed E-state index contributed by atoms with van der Waals surface area (Å²) in [4.78, 5) is 39.6. The number of pyridine rings is 1. The fourth-order valence-electron chi connectivity index (χ4n) is 5.03. The van der Waals surface area contributed by atoms with Gasteiger partial charge in [0, 0.05) is 35.9 Å². The standard InChI is InChI=1S/C27H24ClF2N5O3/c1-13-14(2)32-26-25(31-13)33-23(27(37)35(26)24-19(29)10-17(28)11-20(24)30)15-7-8-38-21(9-15)16-3-6-22(36)34(12-16)18-4-5-18/h3,6,10-12,15,18,21H,4-5,7-9H2,1-2H3/t15-,21+/m0/s1. The van der Waals surface area contributed by atoms with E-state index in [1.807, 2.05) is 6.20 Å². The van der Waals surface area contributed by atoms with Gasteiger partial charge in [0.05, 0.1) is 17.5 Å². The summed E-state index contributed by atoms with van der Waals surface area (Å²) in [5.41, 5.74) is 0.825. The van der Waals surface area contributed by atoms with Crippen molar-refractivity contribution >= 4 is 22.9 Å². The number of benzene rings is 1. The van der Waals surface area contributed by atoms with Gasteiger partial charge in [-0.15, -0.1) is 0 Å². The molecule has 4 aromatic rings. The Labute approximate surface area is 220 Å². The van der Waals surface area contributed by atoms with Crippen LogP contribution in [0.15, 0.2) is 40.1 Å². The van der Waals surface area contributed by atoms with Crippen LogP contribution in [0.2, 0.25) is 5.02 Å². The molecule has 0 spiro atoms. The highest BCUT2D eigenvalue weighted by Gasteiger charge is 2.32. The van der Waals surface area contributed by atoms with Crippen LogP contribution in [-0.4, -0.2) is 30.7 Å². The highest BCUT2D eigenvalue weighted by molar-refractivity contribution is 6.30. The van der Waals surface area contributed by atoms with Gasteiger partial charge in [-0.1, -0.05) is 11.6 Å². The molecule has 2 aliphatic rings. The molecule has 1 aliphatic heterocycles. The Hall–Kier alpha value is -3.50. The van der Waals surface area contributed by atoms with Gasteiger partial charge >= 0.3 is 0 Å². The lowest BCUT2D eigenvalue weighted by Gasteiger charge is -2.30. The topological polar surface area (TPSA) is 91.9 Å². The molecule has 1 saturated heterocycles. The van der Waals surface area contributed by atoms with Gasteiger partial charge in [-0.2, -0.15) is 0 Å². The highest BCUT2D eigenvalue weighted by Crippen LogP contribution is 2.38. The van der Waals surface area contributed by atoms with Crippen LogP contribution in [0.1, 0.15) is 66.4 Å². The van der Waals surface area contributed by atoms with Crippen molar-refractivity contribution in [2.45, 2.75) is 57.6 Å².